The molecule has 1 aromatic carbocycles. The van der Waals surface area contributed by atoms with Gasteiger partial charge in [0, 0.05) is 11.1 Å². The molecule has 0 aromatic heterocycles. The Balaban J connectivity index is 3.11. The first-order valence-corrected chi connectivity index (χ1v) is 5.63. The monoisotopic (exact) mass is 259 g/mol. The van der Waals surface area contributed by atoms with E-state index < -0.39 is 11.8 Å². The standard InChI is InChI=1S/C14H13NO4/c1-3-19-14(18)13(17)9(2)12(16)11-6-4-5-10(7-11)8-15/h4-7,16H,3H2,1-2H3. The number of benzene rings is 1. The topological polar surface area (TPSA) is 87.4 Å². The predicted octanol–water partition coefficient (Wildman–Crippen LogP) is 1.98. The van der Waals surface area contributed by atoms with Gasteiger partial charge in [-0.15, -0.1) is 0 Å². The van der Waals surface area contributed by atoms with Gasteiger partial charge in [0.1, 0.15) is 5.76 Å². The van der Waals surface area contributed by atoms with E-state index in [0.29, 0.717) is 11.1 Å². The van der Waals surface area contributed by atoms with Crippen LogP contribution in [0.3, 0.4) is 0 Å². The summed E-state index contributed by atoms with van der Waals surface area (Å²) in [4.78, 5) is 22.9. The Labute approximate surface area is 110 Å². The van der Waals surface area contributed by atoms with E-state index in [1.807, 2.05) is 6.07 Å². The highest BCUT2D eigenvalue weighted by atomic mass is 16.5. The molecule has 1 aromatic rings. The fourth-order valence-electron chi connectivity index (χ4n) is 1.41. The molecule has 0 fully saturated rings. The van der Waals surface area contributed by atoms with E-state index in [1.54, 1.807) is 19.1 Å². The molecule has 19 heavy (non-hydrogen) atoms. The van der Waals surface area contributed by atoms with Crippen LogP contribution >= 0.6 is 0 Å². The highest BCUT2D eigenvalue weighted by Gasteiger charge is 2.20. The van der Waals surface area contributed by atoms with Crippen molar-refractivity contribution in [2.75, 3.05) is 6.61 Å². The highest BCUT2D eigenvalue weighted by molar-refractivity contribution is 6.41. The molecule has 0 aliphatic rings. The quantitative estimate of drug-likeness (QED) is 0.386. The molecule has 0 saturated heterocycles. The lowest BCUT2D eigenvalue weighted by Crippen LogP contribution is -2.19. The van der Waals surface area contributed by atoms with Gasteiger partial charge in [-0.05, 0) is 26.0 Å². The summed E-state index contributed by atoms with van der Waals surface area (Å²) in [5.41, 5.74) is 0.531. The molecule has 0 aliphatic carbocycles. The average Bonchev–Trinajstić information content (AvgIpc) is 2.45. The smallest absolute Gasteiger partial charge is 0.379 e. The van der Waals surface area contributed by atoms with E-state index in [9.17, 15) is 14.7 Å². The minimum absolute atomic E-state index is 0.0858. The van der Waals surface area contributed by atoms with E-state index in [4.69, 9.17) is 5.26 Å². The largest absolute Gasteiger partial charge is 0.507 e. The first kappa shape index (κ1) is 14.5. The summed E-state index contributed by atoms with van der Waals surface area (Å²) < 4.78 is 4.57. The van der Waals surface area contributed by atoms with Crippen LogP contribution in [0.15, 0.2) is 29.8 Å². The van der Waals surface area contributed by atoms with Gasteiger partial charge in [-0.2, -0.15) is 5.26 Å². The fraction of sp³-hybridized carbons (Fsp3) is 0.214. The molecular formula is C14H13NO4. The van der Waals surface area contributed by atoms with Crippen molar-refractivity contribution in [1.82, 2.24) is 0 Å². The van der Waals surface area contributed by atoms with Gasteiger partial charge in [0.25, 0.3) is 5.78 Å². The van der Waals surface area contributed by atoms with Gasteiger partial charge in [-0.1, -0.05) is 12.1 Å². The van der Waals surface area contributed by atoms with E-state index in [0.717, 1.165) is 0 Å². The molecule has 0 spiro atoms. The number of esters is 1. The van der Waals surface area contributed by atoms with Gasteiger partial charge in [0.2, 0.25) is 0 Å². The molecule has 0 heterocycles. The summed E-state index contributed by atoms with van der Waals surface area (Å²) in [5, 5.41) is 18.7. The lowest BCUT2D eigenvalue weighted by Gasteiger charge is -2.06. The molecule has 0 saturated carbocycles. The Morgan fingerprint density at radius 1 is 1.42 bits per heavy atom. The molecule has 0 unspecified atom stereocenters. The Morgan fingerprint density at radius 3 is 2.68 bits per heavy atom. The first-order valence-electron chi connectivity index (χ1n) is 5.63. The number of carbonyl (C=O) groups excluding carboxylic acids is 2. The summed E-state index contributed by atoms with van der Waals surface area (Å²) in [6, 6.07) is 8.04. The maximum atomic E-state index is 11.6. The maximum Gasteiger partial charge on any atom is 0.379 e. The summed E-state index contributed by atoms with van der Waals surface area (Å²) in [7, 11) is 0. The van der Waals surface area contributed by atoms with Crippen LogP contribution in [0.5, 0.6) is 0 Å². The third-order valence-electron chi connectivity index (χ3n) is 2.42. The van der Waals surface area contributed by atoms with Crippen molar-refractivity contribution in [2.24, 2.45) is 0 Å². The maximum absolute atomic E-state index is 11.6. The average molecular weight is 259 g/mol. The van der Waals surface area contributed by atoms with Gasteiger partial charge in [0.05, 0.1) is 18.2 Å². The van der Waals surface area contributed by atoms with Crippen LogP contribution in [0.2, 0.25) is 0 Å². The van der Waals surface area contributed by atoms with E-state index in [1.165, 1.54) is 19.1 Å². The number of aliphatic hydroxyl groups is 1. The fourth-order valence-corrected chi connectivity index (χ4v) is 1.41. The lowest BCUT2D eigenvalue weighted by atomic mass is 10.0. The van der Waals surface area contributed by atoms with Crippen LogP contribution in [-0.2, 0) is 14.3 Å². The highest BCUT2D eigenvalue weighted by Crippen LogP contribution is 2.18. The third-order valence-corrected chi connectivity index (χ3v) is 2.42. The van der Waals surface area contributed by atoms with Crippen molar-refractivity contribution in [3.63, 3.8) is 0 Å². The van der Waals surface area contributed by atoms with Crippen LogP contribution in [0, 0.1) is 11.3 Å². The molecule has 0 bridgehead atoms. The summed E-state index contributed by atoms with van der Waals surface area (Å²) in [6.45, 7) is 3.00. The van der Waals surface area contributed by atoms with Gasteiger partial charge in [-0.25, -0.2) is 4.79 Å². The van der Waals surface area contributed by atoms with Gasteiger partial charge in [-0.3, -0.25) is 4.79 Å². The van der Waals surface area contributed by atoms with Gasteiger partial charge in [0.15, 0.2) is 0 Å². The van der Waals surface area contributed by atoms with Crippen LogP contribution in [-0.4, -0.2) is 23.5 Å². The van der Waals surface area contributed by atoms with Crippen molar-refractivity contribution in [3.8, 4) is 6.07 Å². The molecule has 0 amide bonds. The normalized spacial score (nSPS) is 11.2. The van der Waals surface area contributed by atoms with Crippen molar-refractivity contribution in [2.45, 2.75) is 13.8 Å². The Bertz CT molecular complexity index is 581. The number of hydrogen-bond acceptors (Lipinski definition) is 5. The second kappa shape index (κ2) is 6.36. The predicted molar refractivity (Wildman–Crippen MR) is 68.0 cm³/mol. The molecule has 1 rings (SSSR count). The summed E-state index contributed by atoms with van der Waals surface area (Å²) >= 11 is 0. The molecule has 98 valence electrons. The Kier molecular flexibility index (Phi) is 4.84. The molecule has 5 heteroatoms. The molecule has 1 N–H and O–H groups in total. The zero-order valence-corrected chi connectivity index (χ0v) is 10.6. The van der Waals surface area contributed by atoms with Crippen LogP contribution < -0.4 is 0 Å². The Morgan fingerprint density at radius 2 is 2.11 bits per heavy atom. The number of ether oxygens (including phenoxy) is 1. The van der Waals surface area contributed by atoms with Crippen molar-refractivity contribution in [3.05, 3.63) is 41.0 Å². The van der Waals surface area contributed by atoms with Crippen LogP contribution in [0.25, 0.3) is 5.76 Å². The number of hydrogen-bond donors (Lipinski definition) is 1. The molecule has 5 nitrogen and oxygen atoms in total. The second-order valence-electron chi connectivity index (χ2n) is 3.72. The number of nitrogens with zero attached hydrogens (tertiary/aromatic N) is 1. The third kappa shape index (κ3) is 3.42. The summed E-state index contributed by atoms with van der Waals surface area (Å²) in [6.07, 6.45) is 0. The minimum Gasteiger partial charge on any atom is -0.507 e. The minimum atomic E-state index is -1.01. The Hall–Kier alpha value is -2.61. The number of Topliss-reactive ketones (excluding diaryl/α,β-unsaturated/α-hetero) is 1. The molecular weight excluding hydrogens is 246 g/mol. The second-order valence-corrected chi connectivity index (χ2v) is 3.72. The SMILES string of the molecule is CCOC(=O)C(=O)C(C)=C(O)c1cccc(C#N)c1. The molecule has 0 aliphatic heterocycles. The van der Waals surface area contributed by atoms with Crippen LogP contribution in [0.1, 0.15) is 25.0 Å². The van der Waals surface area contributed by atoms with Crippen molar-refractivity contribution in [1.29, 1.82) is 5.26 Å². The van der Waals surface area contributed by atoms with E-state index in [2.05, 4.69) is 4.74 Å². The molecule has 0 atom stereocenters. The van der Waals surface area contributed by atoms with E-state index in [-0.39, 0.29) is 17.9 Å². The first-order chi connectivity index (χ1) is 9.01. The van der Waals surface area contributed by atoms with Gasteiger partial charge < -0.3 is 9.84 Å². The van der Waals surface area contributed by atoms with Crippen molar-refractivity contribution < 1.29 is 19.4 Å². The van der Waals surface area contributed by atoms with Crippen molar-refractivity contribution >= 4 is 17.5 Å². The number of nitriles is 1. The number of carbonyl (C=O) groups is 2. The number of rotatable bonds is 4. The number of ketones is 1. The van der Waals surface area contributed by atoms with Gasteiger partial charge >= 0.3 is 5.97 Å². The van der Waals surface area contributed by atoms with E-state index >= 15 is 0 Å². The lowest BCUT2D eigenvalue weighted by molar-refractivity contribution is -0.151. The molecule has 0 radical (unpaired) electrons. The zero-order chi connectivity index (χ0) is 14.4. The number of aliphatic hydroxyl groups excluding tert-OH is 1. The summed E-state index contributed by atoms with van der Waals surface area (Å²) in [5.74, 6) is -2.25. The zero-order valence-electron chi connectivity index (χ0n) is 10.6. The van der Waals surface area contributed by atoms with Crippen LogP contribution in [0.4, 0.5) is 0 Å².